The van der Waals surface area contributed by atoms with E-state index in [2.05, 4.69) is 25.8 Å². The molecule has 0 fully saturated rings. The van der Waals surface area contributed by atoms with Crippen LogP contribution in [0, 0.1) is 5.82 Å². The predicted octanol–water partition coefficient (Wildman–Crippen LogP) is 1.56. The summed E-state index contributed by atoms with van der Waals surface area (Å²) in [5, 5.41) is 8.83. The van der Waals surface area contributed by atoms with Crippen molar-refractivity contribution >= 4 is 6.03 Å². The van der Waals surface area contributed by atoms with E-state index in [4.69, 9.17) is 4.52 Å². The molecule has 128 valence electrons. The van der Waals surface area contributed by atoms with Crippen molar-refractivity contribution in [1.29, 1.82) is 0 Å². The highest BCUT2D eigenvalue weighted by Crippen LogP contribution is 2.09. The van der Waals surface area contributed by atoms with Crippen LogP contribution in [0.5, 0.6) is 0 Å². The second-order valence-corrected chi connectivity index (χ2v) is 5.09. The fourth-order valence-electron chi connectivity index (χ4n) is 2.08. The number of rotatable bonds is 5. The van der Waals surface area contributed by atoms with Crippen LogP contribution in [0.4, 0.5) is 9.18 Å². The Morgan fingerprint density at radius 3 is 2.84 bits per heavy atom. The number of H-pyrrole nitrogens is 1. The van der Waals surface area contributed by atoms with Crippen LogP contribution in [0.15, 0.2) is 51.9 Å². The van der Waals surface area contributed by atoms with E-state index in [1.807, 2.05) is 0 Å². The maximum atomic E-state index is 13.1. The second-order valence-electron chi connectivity index (χ2n) is 5.09. The third kappa shape index (κ3) is 4.28. The number of aromatic nitrogens is 3. The number of urea groups is 1. The van der Waals surface area contributed by atoms with Crippen LogP contribution in [0.3, 0.4) is 0 Å². The number of nitrogens with zero attached hydrogens (tertiary/aromatic N) is 2. The molecule has 8 nitrogen and oxygen atoms in total. The molecular weight excluding hydrogens is 329 g/mol. The Balaban J connectivity index is 1.53. The number of hydrogen-bond acceptors (Lipinski definition) is 5. The van der Waals surface area contributed by atoms with Gasteiger partial charge in [0.15, 0.2) is 0 Å². The molecule has 0 saturated heterocycles. The van der Waals surface area contributed by atoms with Gasteiger partial charge in [-0.3, -0.25) is 4.79 Å². The number of aromatic amines is 1. The number of hydrogen-bond donors (Lipinski definition) is 3. The van der Waals surface area contributed by atoms with E-state index in [9.17, 15) is 14.0 Å². The molecule has 3 aromatic rings. The van der Waals surface area contributed by atoms with Crippen molar-refractivity contribution in [3.63, 3.8) is 0 Å². The fraction of sp³-hybridized carbons (Fsp3) is 0.125. The van der Waals surface area contributed by atoms with Crippen molar-refractivity contribution < 1.29 is 13.7 Å². The minimum Gasteiger partial charge on any atom is -0.337 e. The lowest BCUT2D eigenvalue weighted by Gasteiger charge is -2.06. The van der Waals surface area contributed by atoms with Crippen molar-refractivity contribution in [2.45, 2.75) is 13.1 Å². The highest BCUT2D eigenvalue weighted by Gasteiger charge is 2.12. The average Bonchev–Trinajstić information content (AvgIpc) is 3.07. The molecule has 3 rings (SSSR count). The Bertz CT molecular complexity index is 937. The number of amides is 2. The summed E-state index contributed by atoms with van der Waals surface area (Å²) in [4.78, 5) is 30.0. The van der Waals surface area contributed by atoms with E-state index in [0.717, 1.165) is 0 Å². The Kier molecular flexibility index (Phi) is 4.84. The minimum absolute atomic E-state index is 0.00722. The zero-order chi connectivity index (χ0) is 17.6. The van der Waals surface area contributed by atoms with E-state index in [1.54, 1.807) is 24.3 Å². The Labute approximate surface area is 141 Å². The van der Waals surface area contributed by atoms with Gasteiger partial charge in [-0.25, -0.2) is 9.18 Å². The quantitative estimate of drug-likeness (QED) is 0.651. The highest BCUT2D eigenvalue weighted by molar-refractivity contribution is 5.73. The summed E-state index contributed by atoms with van der Waals surface area (Å²) in [5.74, 6) is -0.0769. The third-order valence-electron chi connectivity index (χ3n) is 3.27. The Morgan fingerprint density at radius 2 is 2.04 bits per heavy atom. The number of nitrogens with one attached hydrogen (secondary N) is 3. The molecule has 0 aliphatic heterocycles. The molecule has 25 heavy (non-hydrogen) atoms. The largest absolute Gasteiger partial charge is 0.337 e. The van der Waals surface area contributed by atoms with E-state index in [1.165, 1.54) is 18.3 Å². The molecule has 0 radical (unpaired) electrons. The summed E-state index contributed by atoms with van der Waals surface area (Å²) in [6.07, 6.45) is 1.50. The molecule has 2 amide bonds. The Morgan fingerprint density at radius 1 is 1.20 bits per heavy atom. The van der Waals surface area contributed by atoms with E-state index in [-0.39, 0.29) is 41.7 Å². The molecule has 3 N–H and O–H groups in total. The molecule has 2 heterocycles. The zero-order valence-electron chi connectivity index (χ0n) is 13.0. The van der Waals surface area contributed by atoms with Crippen molar-refractivity contribution in [2.75, 3.05) is 0 Å². The highest BCUT2D eigenvalue weighted by atomic mass is 19.1. The number of pyridine rings is 1. The molecule has 0 bridgehead atoms. The van der Waals surface area contributed by atoms with Crippen molar-refractivity contribution in [3.05, 3.63) is 70.2 Å². The van der Waals surface area contributed by atoms with Gasteiger partial charge in [0.1, 0.15) is 5.82 Å². The standard InChI is InChI=1S/C16H14FN5O3/c17-11-4-1-3-10(7-11)8-19-16(24)20-9-13-21-14(22-25-13)12-5-2-6-18-15(12)23/h1-7H,8-9H2,(H,18,23)(H2,19,20,24). The SMILES string of the molecule is O=C(NCc1cccc(F)c1)NCc1nc(-c2ccc[nH]c2=O)no1. The Hall–Kier alpha value is -3.49. The van der Waals surface area contributed by atoms with Crippen LogP contribution in [-0.2, 0) is 13.1 Å². The number of carbonyl (C=O) groups is 1. The summed E-state index contributed by atoms with van der Waals surface area (Å²) < 4.78 is 18.0. The first kappa shape index (κ1) is 16.4. The lowest BCUT2D eigenvalue weighted by atomic mass is 10.2. The summed E-state index contributed by atoms with van der Waals surface area (Å²) in [5.41, 5.74) is 0.572. The van der Waals surface area contributed by atoms with Gasteiger partial charge in [-0.05, 0) is 29.8 Å². The monoisotopic (exact) mass is 343 g/mol. The van der Waals surface area contributed by atoms with Gasteiger partial charge in [0.05, 0.1) is 12.1 Å². The number of halogens is 1. The van der Waals surface area contributed by atoms with Crippen LogP contribution in [0.1, 0.15) is 11.5 Å². The molecule has 2 aromatic heterocycles. The first-order valence-electron chi connectivity index (χ1n) is 7.38. The van der Waals surface area contributed by atoms with Crippen molar-refractivity contribution in [2.24, 2.45) is 0 Å². The van der Waals surface area contributed by atoms with Crippen LogP contribution < -0.4 is 16.2 Å². The molecule has 0 atom stereocenters. The summed E-state index contributed by atoms with van der Waals surface area (Å²) in [6.45, 7) is 0.171. The third-order valence-corrected chi connectivity index (χ3v) is 3.27. The summed E-state index contributed by atoms with van der Waals surface area (Å²) in [7, 11) is 0. The van der Waals surface area contributed by atoms with Crippen LogP contribution in [-0.4, -0.2) is 21.2 Å². The molecule has 0 unspecified atom stereocenters. The minimum atomic E-state index is -0.471. The van der Waals surface area contributed by atoms with Gasteiger partial charge in [-0.2, -0.15) is 4.98 Å². The topological polar surface area (TPSA) is 113 Å². The van der Waals surface area contributed by atoms with Crippen molar-refractivity contribution in [3.8, 4) is 11.4 Å². The van der Waals surface area contributed by atoms with E-state index in [0.29, 0.717) is 5.56 Å². The lowest BCUT2D eigenvalue weighted by Crippen LogP contribution is -2.34. The van der Waals surface area contributed by atoms with Gasteiger partial charge in [0.25, 0.3) is 5.56 Å². The lowest BCUT2D eigenvalue weighted by molar-refractivity contribution is 0.238. The molecule has 0 spiro atoms. The van der Waals surface area contributed by atoms with Gasteiger partial charge in [0.2, 0.25) is 11.7 Å². The van der Waals surface area contributed by atoms with Crippen LogP contribution in [0.2, 0.25) is 0 Å². The normalized spacial score (nSPS) is 10.4. The van der Waals surface area contributed by atoms with Crippen molar-refractivity contribution in [1.82, 2.24) is 25.8 Å². The van der Waals surface area contributed by atoms with Gasteiger partial charge < -0.3 is 20.1 Å². The maximum Gasteiger partial charge on any atom is 0.315 e. The van der Waals surface area contributed by atoms with Gasteiger partial charge in [-0.15, -0.1) is 0 Å². The maximum absolute atomic E-state index is 13.1. The molecule has 1 aromatic carbocycles. The smallest absolute Gasteiger partial charge is 0.315 e. The van der Waals surface area contributed by atoms with Gasteiger partial charge in [0, 0.05) is 12.7 Å². The molecule has 0 saturated carbocycles. The molecular formula is C16H14FN5O3. The molecule has 9 heteroatoms. The van der Waals surface area contributed by atoms with Crippen LogP contribution >= 0.6 is 0 Å². The first-order valence-corrected chi connectivity index (χ1v) is 7.38. The number of benzene rings is 1. The predicted molar refractivity (Wildman–Crippen MR) is 85.8 cm³/mol. The van der Waals surface area contributed by atoms with Gasteiger partial charge in [-0.1, -0.05) is 17.3 Å². The second kappa shape index (κ2) is 7.39. The fourth-order valence-corrected chi connectivity index (χ4v) is 2.08. The van der Waals surface area contributed by atoms with E-state index >= 15 is 0 Å². The number of carbonyl (C=O) groups excluding carboxylic acids is 1. The molecule has 0 aliphatic rings. The van der Waals surface area contributed by atoms with E-state index < -0.39 is 6.03 Å². The molecule has 0 aliphatic carbocycles. The first-order chi connectivity index (χ1) is 12.1. The summed E-state index contributed by atoms with van der Waals surface area (Å²) in [6, 6.07) is 8.66. The van der Waals surface area contributed by atoms with Crippen LogP contribution in [0.25, 0.3) is 11.4 Å². The zero-order valence-corrected chi connectivity index (χ0v) is 13.0. The average molecular weight is 343 g/mol. The van der Waals surface area contributed by atoms with Gasteiger partial charge >= 0.3 is 6.03 Å². The summed E-state index contributed by atoms with van der Waals surface area (Å²) >= 11 is 0.